The topological polar surface area (TPSA) is 9.23 Å². The number of alkyl halides is 3. The first-order valence-corrected chi connectivity index (χ1v) is 4.94. The summed E-state index contributed by atoms with van der Waals surface area (Å²) < 4.78 is 27.7. The van der Waals surface area contributed by atoms with Crippen LogP contribution < -0.4 is 4.74 Å². The molecular formula is C10H7BrF2O. The monoisotopic (exact) mass is 260 g/mol. The van der Waals surface area contributed by atoms with Gasteiger partial charge in [0, 0.05) is 5.56 Å². The second-order valence-electron chi connectivity index (χ2n) is 2.34. The molecule has 1 aromatic carbocycles. The molecule has 0 amide bonds. The summed E-state index contributed by atoms with van der Waals surface area (Å²) >= 11 is 3.16. The van der Waals surface area contributed by atoms with E-state index in [-0.39, 0.29) is 5.75 Å². The molecule has 14 heavy (non-hydrogen) atoms. The van der Waals surface area contributed by atoms with Crippen molar-refractivity contribution in [3.05, 3.63) is 29.8 Å². The number of benzene rings is 1. The van der Waals surface area contributed by atoms with Crippen molar-refractivity contribution >= 4 is 15.9 Å². The minimum absolute atomic E-state index is 0.143. The molecule has 1 nitrogen and oxygen atoms in total. The largest absolute Gasteiger partial charge is 0.435 e. The van der Waals surface area contributed by atoms with Gasteiger partial charge < -0.3 is 4.74 Å². The quantitative estimate of drug-likeness (QED) is 0.587. The number of halogens is 3. The second kappa shape index (κ2) is 5.61. The van der Waals surface area contributed by atoms with Gasteiger partial charge in [0.2, 0.25) is 0 Å². The van der Waals surface area contributed by atoms with Crippen molar-refractivity contribution in [2.75, 3.05) is 5.33 Å². The van der Waals surface area contributed by atoms with Crippen LogP contribution in [0.5, 0.6) is 5.75 Å². The average Bonchev–Trinajstić information content (AvgIpc) is 2.16. The SMILES string of the molecule is FC(F)Oc1ccc(C#CCBr)cc1. The molecule has 1 aromatic rings. The molecule has 74 valence electrons. The Morgan fingerprint density at radius 1 is 1.29 bits per heavy atom. The summed E-state index contributed by atoms with van der Waals surface area (Å²) in [7, 11) is 0. The van der Waals surface area contributed by atoms with Crippen molar-refractivity contribution in [1.82, 2.24) is 0 Å². The van der Waals surface area contributed by atoms with Crippen LogP contribution in [-0.2, 0) is 0 Å². The van der Waals surface area contributed by atoms with Gasteiger partial charge in [-0.2, -0.15) is 8.78 Å². The zero-order valence-corrected chi connectivity index (χ0v) is 8.72. The third kappa shape index (κ3) is 3.75. The summed E-state index contributed by atoms with van der Waals surface area (Å²) in [6, 6.07) is 6.19. The Kier molecular flexibility index (Phi) is 4.41. The number of rotatable bonds is 2. The maximum atomic E-state index is 11.8. The maximum absolute atomic E-state index is 11.8. The summed E-state index contributed by atoms with van der Waals surface area (Å²) in [5.74, 6) is 5.78. The van der Waals surface area contributed by atoms with Crippen molar-refractivity contribution in [2.24, 2.45) is 0 Å². The average molecular weight is 261 g/mol. The minimum atomic E-state index is -2.78. The van der Waals surface area contributed by atoms with Crippen molar-refractivity contribution in [2.45, 2.75) is 6.61 Å². The molecule has 0 bridgehead atoms. The van der Waals surface area contributed by atoms with Gasteiger partial charge in [-0.25, -0.2) is 0 Å². The van der Waals surface area contributed by atoms with E-state index < -0.39 is 6.61 Å². The van der Waals surface area contributed by atoms with Crippen LogP contribution in [0.25, 0.3) is 0 Å². The van der Waals surface area contributed by atoms with Crippen LogP contribution in [0.3, 0.4) is 0 Å². The van der Waals surface area contributed by atoms with E-state index in [2.05, 4.69) is 32.5 Å². The van der Waals surface area contributed by atoms with Gasteiger partial charge in [-0.3, -0.25) is 0 Å². The lowest BCUT2D eigenvalue weighted by Crippen LogP contribution is -2.01. The molecule has 0 aliphatic rings. The van der Waals surface area contributed by atoms with Gasteiger partial charge in [-0.1, -0.05) is 27.8 Å². The molecule has 0 atom stereocenters. The van der Waals surface area contributed by atoms with Crippen LogP contribution in [0.4, 0.5) is 8.78 Å². The molecule has 0 fully saturated rings. The molecule has 0 aliphatic heterocycles. The van der Waals surface area contributed by atoms with Gasteiger partial charge in [0.15, 0.2) is 0 Å². The van der Waals surface area contributed by atoms with E-state index in [0.29, 0.717) is 5.33 Å². The van der Waals surface area contributed by atoms with E-state index in [0.717, 1.165) is 5.56 Å². The highest BCUT2D eigenvalue weighted by Crippen LogP contribution is 2.14. The first-order valence-electron chi connectivity index (χ1n) is 3.82. The summed E-state index contributed by atoms with van der Waals surface area (Å²) in [4.78, 5) is 0. The number of ether oxygens (including phenoxy) is 1. The Hall–Kier alpha value is -1.08. The lowest BCUT2D eigenvalue weighted by molar-refractivity contribution is -0.0498. The lowest BCUT2D eigenvalue weighted by atomic mass is 10.2. The van der Waals surface area contributed by atoms with Gasteiger partial charge in [-0.15, -0.1) is 0 Å². The maximum Gasteiger partial charge on any atom is 0.387 e. The second-order valence-corrected chi connectivity index (χ2v) is 2.90. The Balaban J connectivity index is 2.68. The molecule has 0 saturated heterocycles. The zero-order chi connectivity index (χ0) is 10.4. The Morgan fingerprint density at radius 3 is 2.43 bits per heavy atom. The molecule has 0 N–H and O–H groups in total. The van der Waals surface area contributed by atoms with E-state index in [1.165, 1.54) is 12.1 Å². The van der Waals surface area contributed by atoms with Crippen LogP contribution in [0, 0.1) is 11.8 Å². The standard InChI is InChI=1S/C10H7BrF2O/c11-7-1-2-8-3-5-9(6-4-8)14-10(12)13/h3-6,10H,7H2. The Morgan fingerprint density at radius 2 is 1.93 bits per heavy atom. The molecule has 0 aromatic heterocycles. The van der Waals surface area contributed by atoms with E-state index in [4.69, 9.17) is 0 Å². The first-order chi connectivity index (χ1) is 6.72. The highest BCUT2D eigenvalue weighted by molar-refractivity contribution is 9.09. The van der Waals surface area contributed by atoms with Crippen molar-refractivity contribution in [3.8, 4) is 17.6 Å². The van der Waals surface area contributed by atoms with Gasteiger partial charge in [0.05, 0.1) is 5.33 Å². The van der Waals surface area contributed by atoms with Crippen molar-refractivity contribution in [3.63, 3.8) is 0 Å². The highest BCUT2D eigenvalue weighted by atomic mass is 79.9. The third-order valence-corrected chi connectivity index (χ3v) is 1.66. The molecule has 0 spiro atoms. The van der Waals surface area contributed by atoms with E-state index in [1.807, 2.05) is 0 Å². The molecular weight excluding hydrogens is 254 g/mol. The third-order valence-electron chi connectivity index (χ3n) is 1.38. The zero-order valence-electron chi connectivity index (χ0n) is 7.14. The van der Waals surface area contributed by atoms with Crippen molar-refractivity contribution in [1.29, 1.82) is 0 Å². The molecule has 4 heteroatoms. The van der Waals surface area contributed by atoms with Crippen molar-refractivity contribution < 1.29 is 13.5 Å². The summed E-state index contributed by atoms with van der Waals surface area (Å²) in [6.45, 7) is -2.78. The molecule has 0 heterocycles. The molecule has 0 aliphatic carbocycles. The normalized spacial score (nSPS) is 9.43. The van der Waals surface area contributed by atoms with Crippen LogP contribution >= 0.6 is 15.9 Å². The van der Waals surface area contributed by atoms with Gasteiger partial charge in [0.1, 0.15) is 5.75 Å². The predicted molar refractivity (Wildman–Crippen MR) is 53.7 cm³/mol. The van der Waals surface area contributed by atoms with Crippen LogP contribution in [0.1, 0.15) is 5.56 Å². The fourth-order valence-corrected chi connectivity index (χ4v) is 0.995. The summed E-state index contributed by atoms with van der Waals surface area (Å²) in [5.41, 5.74) is 0.770. The van der Waals surface area contributed by atoms with Crippen LogP contribution in [0.2, 0.25) is 0 Å². The summed E-state index contributed by atoms with van der Waals surface area (Å²) in [5, 5.41) is 0.586. The Bertz CT molecular complexity index is 337. The van der Waals surface area contributed by atoms with Crippen LogP contribution in [-0.4, -0.2) is 11.9 Å². The number of hydrogen-bond acceptors (Lipinski definition) is 1. The number of hydrogen-bond donors (Lipinski definition) is 0. The van der Waals surface area contributed by atoms with Gasteiger partial charge in [0.25, 0.3) is 0 Å². The van der Waals surface area contributed by atoms with Crippen LogP contribution in [0.15, 0.2) is 24.3 Å². The smallest absolute Gasteiger partial charge is 0.387 e. The van der Waals surface area contributed by atoms with E-state index in [1.54, 1.807) is 12.1 Å². The predicted octanol–water partition coefficient (Wildman–Crippen LogP) is 3.03. The fourth-order valence-electron chi connectivity index (χ4n) is 0.855. The molecule has 0 saturated carbocycles. The first kappa shape index (κ1) is 11.0. The highest BCUT2D eigenvalue weighted by Gasteiger charge is 2.02. The Labute approximate surface area is 89.2 Å². The van der Waals surface area contributed by atoms with Gasteiger partial charge in [-0.05, 0) is 24.3 Å². The molecule has 0 radical (unpaired) electrons. The fraction of sp³-hybridized carbons (Fsp3) is 0.200. The van der Waals surface area contributed by atoms with E-state index in [9.17, 15) is 8.78 Å². The summed E-state index contributed by atoms with van der Waals surface area (Å²) in [6.07, 6.45) is 0. The van der Waals surface area contributed by atoms with E-state index >= 15 is 0 Å². The molecule has 0 unspecified atom stereocenters. The molecule has 1 rings (SSSR count). The minimum Gasteiger partial charge on any atom is -0.435 e. The van der Waals surface area contributed by atoms with Gasteiger partial charge >= 0.3 is 6.61 Å². The lowest BCUT2D eigenvalue weighted by Gasteiger charge is -2.02.